The third kappa shape index (κ3) is 5.89. The molecule has 0 fully saturated rings. The molecular formula is C13H11HgN4S+. The molecule has 0 aromatic heterocycles. The van der Waals surface area contributed by atoms with Crippen LogP contribution in [0.1, 0.15) is 0 Å². The third-order valence-corrected chi connectivity index (χ3v) is 2.23. The summed E-state index contributed by atoms with van der Waals surface area (Å²) >= 11 is 4.96. The van der Waals surface area contributed by atoms with Gasteiger partial charge in [0.2, 0.25) is 0 Å². The van der Waals surface area contributed by atoms with Gasteiger partial charge in [0.1, 0.15) is 0 Å². The number of nitrogens with one attached hydrogen (secondary N) is 1. The van der Waals surface area contributed by atoms with Gasteiger partial charge in [0.25, 0.3) is 0 Å². The minimum Gasteiger partial charge on any atom is -0.737 e. The molecule has 0 aliphatic heterocycles. The summed E-state index contributed by atoms with van der Waals surface area (Å²) in [5.41, 5.74) is 4.41. The fraction of sp³-hybridized carbons (Fsp3) is 0. The maximum Gasteiger partial charge on any atom is 2.00 e. The molecule has 0 saturated carbocycles. The molecule has 0 aliphatic carbocycles. The predicted octanol–water partition coefficient (Wildman–Crippen LogP) is 3.70. The minimum absolute atomic E-state index is 0. The molecule has 0 saturated heterocycles. The summed E-state index contributed by atoms with van der Waals surface area (Å²) in [6.45, 7) is 0. The first-order chi connectivity index (χ1) is 8.84. The Morgan fingerprint density at radius 3 is 2.11 bits per heavy atom. The van der Waals surface area contributed by atoms with Crippen molar-refractivity contribution in [3.05, 3.63) is 60.7 Å². The Morgan fingerprint density at radius 1 is 0.895 bits per heavy atom. The first kappa shape index (κ1) is 15.7. The first-order valence-corrected chi connectivity index (χ1v) is 5.78. The second-order valence-electron chi connectivity index (χ2n) is 3.41. The topological polar surface area (TPSA) is 49.1 Å². The third-order valence-electron chi connectivity index (χ3n) is 2.06. The fourth-order valence-corrected chi connectivity index (χ4v) is 1.33. The van der Waals surface area contributed by atoms with Crippen LogP contribution < -0.4 is 5.43 Å². The number of anilines is 1. The Labute approximate surface area is 138 Å². The zero-order valence-electron chi connectivity index (χ0n) is 10.2. The number of benzene rings is 2. The van der Waals surface area contributed by atoms with Crippen molar-refractivity contribution in [3.8, 4) is 0 Å². The molecule has 4 nitrogen and oxygen atoms in total. The van der Waals surface area contributed by atoms with Crippen LogP contribution in [0.5, 0.6) is 0 Å². The van der Waals surface area contributed by atoms with Gasteiger partial charge in [-0.05, 0) is 24.3 Å². The molecule has 19 heavy (non-hydrogen) atoms. The van der Waals surface area contributed by atoms with E-state index in [1.165, 1.54) is 0 Å². The van der Waals surface area contributed by atoms with Gasteiger partial charge in [-0.15, -0.1) is 0 Å². The van der Waals surface area contributed by atoms with Gasteiger partial charge >= 0.3 is 27.7 Å². The molecule has 0 spiro atoms. The summed E-state index contributed by atoms with van der Waals surface area (Å²) in [5, 5.41) is 11.9. The number of hydrogen-bond donors (Lipinski definition) is 1. The van der Waals surface area contributed by atoms with Gasteiger partial charge in [-0.25, -0.2) is 0 Å². The molecule has 0 heterocycles. The van der Waals surface area contributed by atoms with Crippen LogP contribution in [-0.4, -0.2) is 5.17 Å². The van der Waals surface area contributed by atoms with E-state index in [2.05, 4.69) is 20.8 Å². The van der Waals surface area contributed by atoms with Gasteiger partial charge < -0.3 is 12.6 Å². The molecule has 0 radical (unpaired) electrons. The van der Waals surface area contributed by atoms with Crippen LogP contribution in [0.4, 0.5) is 11.4 Å². The molecule has 2 aromatic carbocycles. The van der Waals surface area contributed by atoms with E-state index in [-0.39, 0.29) is 32.8 Å². The van der Waals surface area contributed by atoms with Crippen molar-refractivity contribution >= 4 is 29.2 Å². The van der Waals surface area contributed by atoms with Gasteiger partial charge in [-0.3, -0.25) is 5.43 Å². The average Bonchev–Trinajstić information content (AvgIpc) is 2.45. The number of rotatable bonds is 3. The van der Waals surface area contributed by atoms with Gasteiger partial charge in [-0.2, -0.15) is 15.3 Å². The summed E-state index contributed by atoms with van der Waals surface area (Å²) < 4.78 is 0. The molecule has 0 aliphatic rings. The summed E-state index contributed by atoms with van der Waals surface area (Å²) in [6, 6.07) is 18.9. The summed E-state index contributed by atoms with van der Waals surface area (Å²) in [6.07, 6.45) is 0. The van der Waals surface area contributed by atoms with Crippen molar-refractivity contribution in [2.24, 2.45) is 15.3 Å². The molecule has 1 N–H and O–H groups in total. The largest absolute Gasteiger partial charge is 2.00 e. The minimum atomic E-state index is 0. The molecule has 0 unspecified atom stereocenters. The number of hydrogen-bond acceptors (Lipinski definition) is 4. The molecule has 6 heteroatoms. The number of amidine groups is 1. The van der Waals surface area contributed by atoms with Crippen molar-refractivity contribution < 1.29 is 27.7 Å². The van der Waals surface area contributed by atoms with Crippen LogP contribution in [0.15, 0.2) is 76.0 Å². The predicted molar refractivity (Wildman–Crippen MR) is 75.8 cm³/mol. The molecule has 2 aromatic rings. The van der Waals surface area contributed by atoms with E-state index in [9.17, 15) is 0 Å². The number of nitrogens with zero attached hydrogens (tertiary/aromatic N) is 3. The van der Waals surface area contributed by atoms with Gasteiger partial charge in [0.15, 0.2) is 0 Å². The Hall–Kier alpha value is -1.33. The van der Waals surface area contributed by atoms with Crippen LogP contribution in [0, 0.1) is 0 Å². The smallest absolute Gasteiger partial charge is 0.737 e. The molecule has 2 rings (SSSR count). The van der Waals surface area contributed by atoms with Crippen LogP contribution in [0.2, 0.25) is 0 Å². The van der Waals surface area contributed by atoms with Crippen molar-refractivity contribution in [1.29, 1.82) is 0 Å². The number of azo groups is 1. The van der Waals surface area contributed by atoms with E-state index in [0.717, 1.165) is 11.4 Å². The van der Waals surface area contributed by atoms with E-state index >= 15 is 0 Å². The Balaban J connectivity index is 0.00000180. The molecule has 90 valence electrons. The zero-order chi connectivity index (χ0) is 12.6. The van der Waals surface area contributed by atoms with Gasteiger partial charge in [0, 0.05) is 0 Å². The molecule has 0 bridgehead atoms. The summed E-state index contributed by atoms with van der Waals surface area (Å²) in [7, 11) is 0. The van der Waals surface area contributed by atoms with Crippen LogP contribution >= 0.6 is 0 Å². The number of para-hydroxylation sites is 1. The first-order valence-electron chi connectivity index (χ1n) is 5.37. The normalized spacial score (nSPS) is 11.1. The average molecular weight is 456 g/mol. The van der Waals surface area contributed by atoms with Crippen molar-refractivity contribution in [2.75, 3.05) is 5.43 Å². The molecule has 0 atom stereocenters. The number of hydrazone groups is 1. The Bertz CT molecular complexity index is 543. The Morgan fingerprint density at radius 2 is 1.47 bits per heavy atom. The van der Waals surface area contributed by atoms with Gasteiger partial charge in [0.05, 0.1) is 16.5 Å². The van der Waals surface area contributed by atoms with Crippen molar-refractivity contribution in [3.63, 3.8) is 0 Å². The maximum atomic E-state index is 4.96. The fourth-order valence-electron chi connectivity index (χ4n) is 1.24. The van der Waals surface area contributed by atoms with Crippen LogP contribution in [0.3, 0.4) is 0 Å². The van der Waals surface area contributed by atoms with Crippen molar-refractivity contribution in [2.45, 2.75) is 0 Å². The zero-order valence-corrected chi connectivity index (χ0v) is 16.5. The standard InChI is InChI=1S/C13H12N4S.Hg/c18-13(16-14-11-7-3-1-4-8-11)17-15-12-9-5-2-6-10-12;/h1-10,14H,(H,16,18);/q;+2/p-1. The summed E-state index contributed by atoms with van der Waals surface area (Å²) in [4.78, 5) is 0. The Kier molecular flexibility index (Phi) is 7.21. The second kappa shape index (κ2) is 8.71. The van der Waals surface area contributed by atoms with E-state index in [1.807, 2.05) is 60.7 Å². The van der Waals surface area contributed by atoms with E-state index in [1.54, 1.807) is 0 Å². The monoisotopic (exact) mass is 457 g/mol. The summed E-state index contributed by atoms with van der Waals surface area (Å²) in [5.74, 6) is 0. The SMILES string of the molecule is [Hg+2].[S-]C(N=Nc1ccccc1)=NNc1ccccc1. The molecular weight excluding hydrogens is 445 g/mol. The van der Waals surface area contributed by atoms with E-state index < -0.39 is 0 Å². The maximum absolute atomic E-state index is 4.96. The van der Waals surface area contributed by atoms with Crippen LogP contribution in [0.25, 0.3) is 0 Å². The van der Waals surface area contributed by atoms with Crippen LogP contribution in [-0.2, 0) is 40.3 Å². The van der Waals surface area contributed by atoms with Crippen molar-refractivity contribution in [1.82, 2.24) is 0 Å². The van der Waals surface area contributed by atoms with E-state index in [0.29, 0.717) is 0 Å². The molecule has 0 amide bonds. The van der Waals surface area contributed by atoms with E-state index in [4.69, 9.17) is 12.6 Å². The quantitative estimate of drug-likeness (QED) is 0.192. The second-order valence-corrected chi connectivity index (χ2v) is 3.77. The van der Waals surface area contributed by atoms with Gasteiger partial charge in [-0.1, -0.05) is 36.4 Å².